The van der Waals surface area contributed by atoms with Gasteiger partial charge in [-0.15, -0.1) is 0 Å². The van der Waals surface area contributed by atoms with Crippen molar-refractivity contribution in [3.8, 4) is 5.88 Å². The first kappa shape index (κ1) is 13.0. The Bertz CT molecular complexity index is 646. The highest BCUT2D eigenvalue weighted by molar-refractivity contribution is 5.92. The molecule has 0 aliphatic rings. The Morgan fingerprint density at radius 1 is 1.37 bits per heavy atom. The zero-order valence-electron chi connectivity index (χ0n) is 10.4. The zero-order valence-corrected chi connectivity index (χ0v) is 10.4. The highest BCUT2D eigenvalue weighted by Crippen LogP contribution is 2.23. The smallest absolute Gasteiger partial charge is 0.362 e. The number of carbonyl (C=O) groups excluding carboxylic acids is 1. The standard InChI is InChI=1S/C12H12FN3O3/c1-3-19-12(17)10-11(18-2)16-9-5-7(14)6(13)4-8(9)15-10/h4-5H,3,14H2,1-2H3. The lowest BCUT2D eigenvalue weighted by Crippen LogP contribution is -2.11. The van der Waals surface area contributed by atoms with Crippen LogP contribution in [0.2, 0.25) is 0 Å². The summed E-state index contributed by atoms with van der Waals surface area (Å²) in [6.07, 6.45) is 0. The lowest BCUT2D eigenvalue weighted by molar-refractivity contribution is 0.0515. The fourth-order valence-corrected chi connectivity index (χ4v) is 1.55. The summed E-state index contributed by atoms with van der Waals surface area (Å²) < 4.78 is 23.2. The number of methoxy groups -OCH3 is 1. The van der Waals surface area contributed by atoms with Gasteiger partial charge in [-0.25, -0.2) is 19.2 Å². The molecule has 0 amide bonds. The minimum atomic E-state index is -0.675. The van der Waals surface area contributed by atoms with Crippen molar-refractivity contribution >= 4 is 22.7 Å². The first-order chi connectivity index (χ1) is 9.06. The predicted octanol–water partition coefficient (Wildman–Crippen LogP) is 1.54. The Hall–Kier alpha value is -2.44. The molecule has 6 nitrogen and oxygen atoms in total. The van der Waals surface area contributed by atoms with Crippen molar-refractivity contribution in [1.82, 2.24) is 9.97 Å². The third-order valence-electron chi connectivity index (χ3n) is 2.41. The number of hydrogen-bond donors (Lipinski definition) is 1. The van der Waals surface area contributed by atoms with Gasteiger partial charge in [-0.3, -0.25) is 0 Å². The van der Waals surface area contributed by atoms with Crippen LogP contribution in [-0.2, 0) is 4.74 Å². The Morgan fingerprint density at radius 2 is 2.05 bits per heavy atom. The van der Waals surface area contributed by atoms with E-state index in [9.17, 15) is 9.18 Å². The van der Waals surface area contributed by atoms with E-state index >= 15 is 0 Å². The summed E-state index contributed by atoms with van der Waals surface area (Å²) in [6.45, 7) is 1.86. The zero-order chi connectivity index (χ0) is 14.0. The van der Waals surface area contributed by atoms with Crippen LogP contribution in [0.5, 0.6) is 5.88 Å². The number of ether oxygens (including phenoxy) is 2. The number of halogens is 1. The van der Waals surface area contributed by atoms with E-state index in [1.807, 2.05) is 0 Å². The molecule has 100 valence electrons. The highest BCUT2D eigenvalue weighted by Gasteiger charge is 2.19. The third-order valence-corrected chi connectivity index (χ3v) is 2.41. The summed E-state index contributed by atoms with van der Waals surface area (Å²) in [5.41, 5.74) is 5.84. The maximum atomic E-state index is 13.4. The van der Waals surface area contributed by atoms with Crippen LogP contribution in [0.3, 0.4) is 0 Å². The summed E-state index contributed by atoms with van der Waals surface area (Å²) >= 11 is 0. The molecule has 0 saturated heterocycles. The average Bonchev–Trinajstić information content (AvgIpc) is 2.39. The van der Waals surface area contributed by atoms with Gasteiger partial charge in [0.15, 0.2) is 0 Å². The predicted molar refractivity (Wildman–Crippen MR) is 66.4 cm³/mol. The van der Waals surface area contributed by atoms with Gasteiger partial charge >= 0.3 is 5.97 Å². The number of hydrogen-bond acceptors (Lipinski definition) is 6. The van der Waals surface area contributed by atoms with E-state index in [1.54, 1.807) is 6.92 Å². The van der Waals surface area contributed by atoms with Gasteiger partial charge in [0.1, 0.15) is 5.82 Å². The lowest BCUT2D eigenvalue weighted by Gasteiger charge is -2.08. The van der Waals surface area contributed by atoms with E-state index in [4.69, 9.17) is 15.2 Å². The molecule has 1 aromatic heterocycles. The van der Waals surface area contributed by atoms with E-state index < -0.39 is 11.8 Å². The van der Waals surface area contributed by atoms with Crippen LogP contribution in [0.4, 0.5) is 10.1 Å². The van der Waals surface area contributed by atoms with Crippen LogP contribution in [0.1, 0.15) is 17.4 Å². The molecular weight excluding hydrogens is 253 g/mol. The topological polar surface area (TPSA) is 87.3 Å². The molecule has 1 aromatic carbocycles. The number of anilines is 1. The molecule has 0 unspecified atom stereocenters. The molecule has 0 spiro atoms. The molecule has 2 rings (SSSR count). The number of nitrogen functional groups attached to an aromatic ring is 1. The fourth-order valence-electron chi connectivity index (χ4n) is 1.55. The number of esters is 1. The molecule has 2 aromatic rings. The number of fused-ring (bicyclic) bond motifs is 1. The quantitative estimate of drug-likeness (QED) is 0.669. The normalized spacial score (nSPS) is 10.5. The Morgan fingerprint density at radius 3 is 2.68 bits per heavy atom. The van der Waals surface area contributed by atoms with Crippen molar-refractivity contribution in [3.05, 3.63) is 23.6 Å². The minimum absolute atomic E-state index is 0.0111. The Balaban J connectivity index is 2.64. The van der Waals surface area contributed by atoms with E-state index in [0.29, 0.717) is 5.52 Å². The number of rotatable bonds is 3. The number of nitrogens with two attached hydrogens (primary N) is 1. The molecule has 7 heteroatoms. The highest BCUT2D eigenvalue weighted by atomic mass is 19.1. The first-order valence-corrected chi connectivity index (χ1v) is 5.54. The molecule has 2 N–H and O–H groups in total. The molecule has 0 aliphatic heterocycles. The van der Waals surface area contributed by atoms with Crippen LogP contribution in [-0.4, -0.2) is 29.7 Å². The molecule has 0 atom stereocenters. The van der Waals surface area contributed by atoms with Crippen molar-refractivity contribution in [2.24, 2.45) is 0 Å². The molecule has 0 fully saturated rings. The largest absolute Gasteiger partial charge is 0.479 e. The van der Waals surface area contributed by atoms with Gasteiger partial charge in [0.25, 0.3) is 0 Å². The van der Waals surface area contributed by atoms with Crippen molar-refractivity contribution in [2.45, 2.75) is 6.92 Å². The van der Waals surface area contributed by atoms with Gasteiger partial charge in [0.05, 0.1) is 30.4 Å². The summed E-state index contributed by atoms with van der Waals surface area (Å²) in [4.78, 5) is 19.8. The summed E-state index contributed by atoms with van der Waals surface area (Å²) in [5, 5.41) is 0. The minimum Gasteiger partial charge on any atom is -0.479 e. The van der Waals surface area contributed by atoms with Crippen molar-refractivity contribution in [1.29, 1.82) is 0 Å². The van der Waals surface area contributed by atoms with Crippen molar-refractivity contribution in [2.75, 3.05) is 19.5 Å². The van der Waals surface area contributed by atoms with Crippen LogP contribution < -0.4 is 10.5 Å². The van der Waals surface area contributed by atoms with Gasteiger partial charge in [-0.2, -0.15) is 0 Å². The van der Waals surface area contributed by atoms with Crippen LogP contribution >= 0.6 is 0 Å². The monoisotopic (exact) mass is 265 g/mol. The lowest BCUT2D eigenvalue weighted by atomic mass is 10.2. The summed E-state index contributed by atoms with van der Waals surface area (Å²) in [5.74, 6) is -1.29. The molecule has 0 aliphatic carbocycles. The van der Waals surface area contributed by atoms with E-state index in [1.165, 1.54) is 13.2 Å². The maximum absolute atomic E-state index is 13.4. The van der Waals surface area contributed by atoms with E-state index in [-0.39, 0.29) is 29.4 Å². The second-order valence-electron chi connectivity index (χ2n) is 3.66. The third kappa shape index (κ3) is 2.40. The van der Waals surface area contributed by atoms with Gasteiger partial charge in [-0.05, 0) is 13.0 Å². The number of nitrogens with zero attached hydrogens (tertiary/aromatic N) is 2. The van der Waals surface area contributed by atoms with Gasteiger partial charge in [0, 0.05) is 6.07 Å². The fraction of sp³-hybridized carbons (Fsp3) is 0.250. The Kier molecular flexibility index (Phi) is 3.46. The number of benzene rings is 1. The summed E-state index contributed by atoms with van der Waals surface area (Å²) in [6, 6.07) is 2.44. The average molecular weight is 265 g/mol. The molecule has 0 radical (unpaired) electrons. The van der Waals surface area contributed by atoms with Crippen LogP contribution in [0.25, 0.3) is 11.0 Å². The maximum Gasteiger partial charge on any atom is 0.362 e. The number of aromatic nitrogens is 2. The van der Waals surface area contributed by atoms with Crippen LogP contribution in [0.15, 0.2) is 12.1 Å². The van der Waals surface area contributed by atoms with E-state index in [0.717, 1.165) is 6.07 Å². The molecule has 0 saturated carbocycles. The van der Waals surface area contributed by atoms with Gasteiger partial charge in [-0.1, -0.05) is 0 Å². The molecule has 1 heterocycles. The summed E-state index contributed by atoms with van der Waals surface area (Å²) in [7, 11) is 1.35. The SMILES string of the molecule is CCOC(=O)c1nc2cc(F)c(N)cc2nc1OC. The first-order valence-electron chi connectivity index (χ1n) is 5.54. The molecule has 19 heavy (non-hydrogen) atoms. The Labute approximate surface area is 108 Å². The van der Waals surface area contributed by atoms with Gasteiger partial charge in [0.2, 0.25) is 11.6 Å². The number of carbonyl (C=O) groups is 1. The molecule has 0 bridgehead atoms. The molecular formula is C12H12FN3O3. The second-order valence-corrected chi connectivity index (χ2v) is 3.66. The van der Waals surface area contributed by atoms with Crippen molar-refractivity contribution in [3.63, 3.8) is 0 Å². The van der Waals surface area contributed by atoms with E-state index in [2.05, 4.69) is 9.97 Å². The van der Waals surface area contributed by atoms with Gasteiger partial charge < -0.3 is 15.2 Å². The second kappa shape index (κ2) is 5.05. The van der Waals surface area contributed by atoms with Crippen LogP contribution in [0, 0.1) is 5.82 Å². The van der Waals surface area contributed by atoms with Crippen molar-refractivity contribution < 1.29 is 18.7 Å².